The molecule has 2 saturated carbocycles. The van der Waals surface area contributed by atoms with Crippen LogP contribution in [0.1, 0.15) is 85.0 Å². The smallest absolute Gasteiger partial charge is 0.285 e. The van der Waals surface area contributed by atoms with Crippen LogP contribution in [0.2, 0.25) is 0 Å². The lowest BCUT2D eigenvalue weighted by atomic mass is 9.89. The van der Waals surface area contributed by atoms with E-state index in [0.717, 1.165) is 0 Å². The molecule has 0 atom stereocenters. The second kappa shape index (κ2) is 6.82. The molecule has 0 aromatic rings. The van der Waals surface area contributed by atoms with Crippen molar-refractivity contribution in [1.82, 2.24) is 4.90 Å². The summed E-state index contributed by atoms with van der Waals surface area (Å²) in [6.45, 7) is 6.13. The van der Waals surface area contributed by atoms with Crippen molar-refractivity contribution in [3.8, 4) is 0 Å². The predicted octanol–water partition coefficient (Wildman–Crippen LogP) is 4.70. The largest absolute Gasteiger partial charge is 0.460 e. The Morgan fingerprint density at radius 3 is 1.60 bits per heavy atom. The zero-order valence-electron chi connectivity index (χ0n) is 13.6. The lowest BCUT2D eigenvalue weighted by molar-refractivity contribution is 0.0488. The number of rotatable bonds is 2. The zero-order valence-corrected chi connectivity index (χ0v) is 13.6. The molecule has 0 aromatic carbocycles. The summed E-state index contributed by atoms with van der Waals surface area (Å²) in [6.07, 6.45) is 13.0. The fourth-order valence-corrected chi connectivity index (χ4v) is 3.69. The number of amidine groups is 1. The standard InChI is InChI=1S/C17H32N2O/c1-17(2,3)20-16(18)19(14-10-6-4-7-11-14)15-12-8-5-9-13-15/h14-15,18H,4-13H2,1-3H3. The SMILES string of the molecule is CC(C)(C)OC(=N)N(C1CCCCC1)C1CCCCC1. The highest BCUT2D eigenvalue weighted by atomic mass is 16.5. The van der Waals surface area contributed by atoms with Gasteiger partial charge in [0.05, 0.1) is 0 Å². The van der Waals surface area contributed by atoms with Crippen LogP contribution in [0.5, 0.6) is 0 Å². The van der Waals surface area contributed by atoms with E-state index in [9.17, 15) is 0 Å². The third-order valence-corrected chi connectivity index (χ3v) is 4.57. The average Bonchev–Trinajstić information content (AvgIpc) is 2.39. The van der Waals surface area contributed by atoms with Gasteiger partial charge in [-0.1, -0.05) is 38.5 Å². The van der Waals surface area contributed by atoms with Gasteiger partial charge in [0.15, 0.2) is 0 Å². The van der Waals surface area contributed by atoms with E-state index in [1.165, 1.54) is 64.2 Å². The quantitative estimate of drug-likeness (QED) is 0.587. The van der Waals surface area contributed by atoms with Gasteiger partial charge >= 0.3 is 0 Å². The summed E-state index contributed by atoms with van der Waals surface area (Å²) >= 11 is 0. The summed E-state index contributed by atoms with van der Waals surface area (Å²) in [6, 6.07) is 1.51. The number of hydrogen-bond donors (Lipinski definition) is 1. The van der Waals surface area contributed by atoms with Gasteiger partial charge in [0.2, 0.25) is 0 Å². The molecule has 0 amide bonds. The Hall–Kier alpha value is -0.730. The summed E-state index contributed by atoms with van der Waals surface area (Å²) in [4.78, 5) is 2.35. The van der Waals surface area contributed by atoms with Crippen molar-refractivity contribution >= 4 is 6.02 Å². The Balaban J connectivity index is 2.07. The molecule has 0 aliphatic heterocycles. The molecule has 2 aliphatic rings. The Morgan fingerprint density at radius 1 is 0.850 bits per heavy atom. The molecular weight excluding hydrogens is 248 g/mol. The number of nitrogens with one attached hydrogen (secondary N) is 1. The van der Waals surface area contributed by atoms with Gasteiger partial charge in [0.1, 0.15) is 5.60 Å². The Morgan fingerprint density at radius 2 is 1.25 bits per heavy atom. The Kier molecular flexibility index (Phi) is 5.34. The van der Waals surface area contributed by atoms with Gasteiger partial charge in [-0.25, -0.2) is 0 Å². The van der Waals surface area contributed by atoms with E-state index in [4.69, 9.17) is 10.1 Å². The average molecular weight is 280 g/mol. The van der Waals surface area contributed by atoms with E-state index in [-0.39, 0.29) is 5.60 Å². The molecule has 3 heteroatoms. The molecule has 0 saturated heterocycles. The Labute approximate surface area is 124 Å². The summed E-state index contributed by atoms with van der Waals surface area (Å²) in [7, 11) is 0. The van der Waals surface area contributed by atoms with Crippen LogP contribution in [0, 0.1) is 5.41 Å². The van der Waals surface area contributed by atoms with E-state index in [1.54, 1.807) is 0 Å². The van der Waals surface area contributed by atoms with Crippen LogP contribution < -0.4 is 0 Å². The normalized spacial score (nSPS) is 22.6. The maximum Gasteiger partial charge on any atom is 0.285 e. The molecular formula is C17H32N2O. The first-order valence-corrected chi connectivity index (χ1v) is 8.53. The van der Waals surface area contributed by atoms with E-state index in [1.807, 2.05) is 20.8 Å². The minimum atomic E-state index is -0.265. The van der Waals surface area contributed by atoms with E-state index in [0.29, 0.717) is 18.1 Å². The summed E-state index contributed by atoms with van der Waals surface area (Å²) in [5, 5.41) is 8.48. The zero-order chi connectivity index (χ0) is 14.6. The minimum Gasteiger partial charge on any atom is -0.460 e. The molecule has 0 bridgehead atoms. The number of hydrogen-bond acceptors (Lipinski definition) is 2. The first-order valence-electron chi connectivity index (χ1n) is 8.53. The van der Waals surface area contributed by atoms with Crippen molar-refractivity contribution in [3.63, 3.8) is 0 Å². The second-order valence-electron chi connectivity index (χ2n) is 7.51. The fourth-order valence-electron chi connectivity index (χ4n) is 3.69. The van der Waals surface area contributed by atoms with Gasteiger partial charge in [0.25, 0.3) is 6.02 Å². The molecule has 0 radical (unpaired) electrons. The molecule has 0 unspecified atom stereocenters. The van der Waals surface area contributed by atoms with Crippen molar-refractivity contribution in [1.29, 1.82) is 5.41 Å². The summed E-state index contributed by atoms with van der Waals surface area (Å²) < 4.78 is 5.92. The molecule has 0 spiro atoms. The molecule has 20 heavy (non-hydrogen) atoms. The first-order chi connectivity index (χ1) is 9.47. The van der Waals surface area contributed by atoms with Gasteiger partial charge in [-0.2, -0.15) is 0 Å². The highest BCUT2D eigenvalue weighted by Gasteiger charge is 2.33. The highest BCUT2D eigenvalue weighted by Crippen LogP contribution is 2.31. The van der Waals surface area contributed by atoms with Crippen molar-refractivity contribution in [2.24, 2.45) is 0 Å². The van der Waals surface area contributed by atoms with Crippen LogP contribution in [0.3, 0.4) is 0 Å². The van der Waals surface area contributed by atoms with Gasteiger partial charge in [0, 0.05) is 12.1 Å². The molecule has 0 aromatic heterocycles. The third kappa shape index (κ3) is 4.39. The van der Waals surface area contributed by atoms with Crippen LogP contribution in [-0.2, 0) is 4.74 Å². The first kappa shape index (κ1) is 15.7. The van der Waals surface area contributed by atoms with Gasteiger partial charge in [-0.15, -0.1) is 0 Å². The highest BCUT2D eigenvalue weighted by molar-refractivity contribution is 5.71. The van der Waals surface area contributed by atoms with E-state index < -0.39 is 0 Å². The molecule has 2 rings (SSSR count). The summed E-state index contributed by atoms with van der Waals surface area (Å²) in [5.74, 6) is 0. The van der Waals surface area contributed by atoms with Crippen LogP contribution in [0.4, 0.5) is 0 Å². The van der Waals surface area contributed by atoms with Crippen molar-refractivity contribution < 1.29 is 4.74 Å². The Bertz CT molecular complexity index is 291. The van der Waals surface area contributed by atoms with Crippen LogP contribution in [0.25, 0.3) is 0 Å². The van der Waals surface area contributed by atoms with Gasteiger partial charge in [-0.05, 0) is 46.5 Å². The second-order valence-corrected chi connectivity index (χ2v) is 7.51. The molecule has 116 valence electrons. The maximum absolute atomic E-state index is 8.48. The molecule has 3 nitrogen and oxygen atoms in total. The van der Waals surface area contributed by atoms with Crippen LogP contribution >= 0.6 is 0 Å². The molecule has 2 fully saturated rings. The lowest BCUT2D eigenvalue weighted by Crippen LogP contribution is -2.50. The van der Waals surface area contributed by atoms with E-state index in [2.05, 4.69) is 4.90 Å². The van der Waals surface area contributed by atoms with Crippen molar-refractivity contribution in [2.45, 2.75) is 103 Å². The maximum atomic E-state index is 8.48. The lowest BCUT2D eigenvalue weighted by Gasteiger charge is -2.43. The van der Waals surface area contributed by atoms with E-state index >= 15 is 0 Å². The monoisotopic (exact) mass is 280 g/mol. The van der Waals surface area contributed by atoms with Gasteiger partial charge < -0.3 is 9.64 Å². The predicted molar refractivity (Wildman–Crippen MR) is 84.1 cm³/mol. The van der Waals surface area contributed by atoms with Crippen molar-refractivity contribution in [2.75, 3.05) is 0 Å². The molecule has 0 heterocycles. The topological polar surface area (TPSA) is 36.3 Å². The number of nitrogens with zero attached hydrogens (tertiary/aromatic N) is 1. The third-order valence-electron chi connectivity index (χ3n) is 4.57. The fraction of sp³-hybridized carbons (Fsp3) is 0.941. The van der Waals surface area contributed by atoms with Crippen LogP contribution in [0.15, 0.2) is 0 Å². The van der Waals surface area contributed by atoms with Crippen molar-refractivity contribution in [3.05, 3.63) is 0 Å². The molecule has 2 aliphatic carbocycles. The van der Waals surface area contributed by atoms with Gasteiger partial charge in [-0.3, -0.25) is 5.41 Å². The summed E-state index contributed by atoms with van der Waals surface area (Å²) in [5.41, 5.74) is -0.265. The number of ether oxygens (including phenoxy) is 1. The molecule has 1 N–H and O–H groups in total. The van der Waals surface area contributed by atoms with Crippen LogP contribution in [-0.4, -0.2) is 28.6 Å². The minimum absolute atomic E-state index is 0.265.